The predicted octanol–water partition coefficient (Wildman–Crippen LogP) is 5.10. The molecular formula is C21H28N2O3SSi. The molecule has 7 heteroatoms. The number of fused-ring (bicyclic) bond motifs is 1. The van der Waals surface area contributed by atoms with Gasteiger partial charge < -0.3 is 4.43 Å². The number of pyridine rings is 1. The smallest absolute Gasteiger partial charge is 0.268 e. The van der Waals surface area contributed by atoms with Gasteiger partial charge >= 0.3 is 0 Å². The van der Waals surface area contributed by atoms with Crippen LogP contribution in [0, 0.1) is 6.92 Å². The Morgan fingerprint density at radius 2 is 1.71 bits per heavy atom. The van der Waals surface area contributed by atoms with Crippen LogP contribution in [-0.2, 0) is 21.1 Å². The Labute approximate surface area is 168 Å². The molecule has 0 N–H and O–H groups in total. The van der Waals surface area contributed by atoms with Crippen molar-refractivity contribution in [1.29, 1.82) is 0 Å². The van der Waals surface area contributed by atoms with Crippen molar-refractivity contribution in [2.75, 3.05) is 0 Å². The largest absolute Gasteiger partial charge is 0.411 e. The second-order valence-electron chi connectivity index (χ2n) is 8.67. The first-order valence-electron chi connectivity index (χ1n) is 9.35. The van der Waals surface area contributed by atoms with Crippen LogP contribution >= 0.6 is 0 Å². The van der Waals surface area contributed by atoms with Gasteiger partial charge in [-0.2, -0.15) is 0 Å². The Kier molecular flexibility index (Phi) is 5.29. The van der Waals surface area contributed by atoms with E-state index in [2.05, 4.69) is 38.8 Å². The van der Waals surface area contributed by atoms with Gasteiger partial charge in [0.05, 0.1) is 22.7 Å². The van der Waals surface area contributed by atoms with Crippen molar-refractivity contribution in [2.24, 2.45) is 0 Å². The van der Waals surface area contributed by atoms with E-state index in [1.54, 1.807) is 48.8 Å². The molecule has 0 spiro atoms. The van der Waals surface area contributed by atoms with E-state index in [4.69, 9.17) is 4.43 Å². The Morgan fingerprint density at radius 1 is 1.07 bits per heavy atom. The van der Waals surface area contributed by atoms with E-state index in [0.29, 0.717) is 12.1 Å². The maximum absolute atomic E-state index is 13.1. The second kappa shape index (κ2) is 7.13. The van der Waals surface area contributed by atoms with E-state index in [9.17, 15) is 8.42 Å². The van der Waals surface area contributed by atoms with Crippen molar-refractivity contribution in [3.63, 3.8) is 0 Å². The Balaban J connectivity index is 1.99. The molecule has 0 fully saturated rings. The van der Waals surface area contributed by atoms with Crippen LogP contribution in [0.15, 0.2) is 53.7 Å². The van der Waals surface area contributed by atoms with E-state index >= 15 is 0 Å². The lowest BCUT2D eigenvalue weighted by Crippen LogP contribution is -2.40. The molecule has 2 aromatic heterocycles. The minimum atomic E-state index is -3.67. The molecule has 3 aromatic rings. The molecule has 28 heavy (non-hydrogen) atoms. The van der Waals surface area contributed by atoms with Crippen LogP contribution in [0.1, 0.15) is 32.0 Å². The number of aryl methyl sites for hydroxylation is 1. The van der Waals surface area contributed by atoms with Crippen molar-refractivity contribution in [1.82, 2.24) is 8.96 Å². The molecule has 0 atom stereocenters. The molecule has 0 aliphatic heterocycles. The van der Waals surface area contributed by atoms with Gasteiger partial charge in [0.15, 0.2) is 8.32 Å². The lowest BCUT2D eigenvalue weighted by atomic mass is 10.2. The summed E-state index contributed by atoms with van der Waals surface area (Å²) in [6.45, 7) is 13.3. The molecule has 1 aromatic carbocycles. The van der Waals surface area contributed by atoms with Crippen molar-refractivity contribution < 1.29 is 12.8 Å². The lowest BCUT2D eigenvalue weighted by Gasteiger charge is -2.36. The van der Waals surface area contributed by atoms with E-state index in [1.807, 2.05) is 6.92 Å². The monoisotopic (exact) mass is 416 g/mol. The first-order chi connectivity index (χ1) is 12.9. The first kappa shape index (κ1) is 20.8. The van der Waals surface area contributed by atoms with Gasteiger partial charge in [-0.3, -0.25) is 4.98 Å². The van der Waals surface area contributed by atoms with Gasteiger partial charge in [0, 0.05) is 17.8 Å². The Morgan fingerprint density at radius 3 is 2.32 bits per heavy atom. The van der Waals surface area contributed by atoms with Crippen LogP contribution in [0.4, 0.5) is 0 Å². The summed E-state index contributed by atoms with van der Waals surface area (Å²) >= 11 is 0. The average molecular weight is 417 g/mol. The summed E-state index contributed by atoms with van der Waals surface area (Å²) in [6, 6.07) is 10.4. The molecule has 150 valence electrons. The summed E-state index contributed by atoms with van der Waals surface area (Å²) in [5.74, 6) is 0. The molecule has 0 unspecified atom stereocenters. The molecule has 0 radical (unpaired) electrons. The highest BCUT2D eigenvalue weighted by Crippen LogP contribution is 2.37. The number of benzene rings is 1. The average Bonchev–Trinajstić information content (AvgIpc) is 3.05. The van der Waals surface area contributed by atoms with Crippen LogP contribution in [-0.4, -0.2) is 25.7 Å². The quantitative estimate of drug-likeness (QED) is 0.543. The molecule has 0 saturated heterocycles. The van der Waals surface area contributed by atoms with Crippen LogP contribution in [0.3, 0.4) is 0 Å². The zero-order valence-electron chi connectivity index (χ0n) is 17.4. The van der Waals surface area contributed by atoms with Gasteiger partial charge in [0.2, 0.25) is 0 Å². The normalized spacial score (nSPS) is 13.2. The third-order valence-corrected chi connectivity index (χ3v) is 11.8. The standard InChI is InChI=1S/C21H28N2O3SSi/c1-16-7-9-17(10-8-16)27(24,25)23-14-12-18-19(22-13-11-20(18)23)15-26-28(5,6)21(2,3)4/h7-14H,15H2,1-6H3. The summed E-state index contributed by atoms with van der Waals surface area (Å²) in [4.78, 5) is 4.73. The SMILES string of the molecule is Cc1ccc(S(=O)(=O)n2ccc3c(CO[Si](C)(C)C(C)(C)C)nccc32)cc1. The Bertz CT molecular complexity index is 1090. The third kappa shape index (κ3) is 3.79. The number of nitrogens with zero attached hydrogens (tertiary/aromatic N) is 2. The first-order valence-corrected chi connectivity index (χ1v) is 13.7. The fourth-order valence-corrected chi connectivity index (χ4v) is 4.99. The highest BCUT2D eigenvalue weighted by molar-refractivity contribution is 7.90. The van der Waals surface area contributed by atoms with Gasteiger partial charge in [-0.1, -0.05) is 38.5 Å². The molecule has 0 amide bonds. The van der Waals surface area contributed by atoms with Gasteiger partial charge in [-0.25, -0.2) is 12.4 Å². The molecule has 2 heterocycles. The highest BCUT2D eigenvalue weighted by atomic mass is 32.2. The Hall–Kier alpha value is -1.96. The van der Waals surface area contributed by atoms with Gasteiger partial charge in [0.1, 0.15) is 0 Å². The van der Waals surface area contributed by atoms with Gasteiger partial charge in [-0.15, -0.1) is 0 Å². The molecule has 0 saturated carbocycles. The zero-order valence-corrected chi connectivity index (χ0v) is 19.2. The molecular weight excluding hydrogens is 388 g/mol. The van der Waals surface area contributed by atoms with Crippen LogP contribution in [0.5, 0.6) is 0 Å². The molecule has 0 bridgehead atoms. The van der Waals surface area contributed by atoms with Crippen molar-refractivity contribution >= 4 is 29.2 Å². The maximum Gasteiger partial charge on any atom is 0.268 e. The minimum Gasteiger partial charge on any atom is -0.411 e. The van der Waals surface area contributed by atoms with Crippen LogP contribution < -0.4 is 0 Å². The summed E-state index contributed by atoms with van der Waals surface area (Å²) < 4.78 is 33.8. The van der Waals surface area contributed by atoms with Crippen LogP contribution in [0.2, 0.25) is 18.1 Å². The van der Waals surface area contributed by atoms with Crippen molar-refractivity contribution in [3.8, 4) is 0 Å². The third-order valence-electron chi connectivity index (χ3n) is 5.62. The lowest BCUT2D eigenvalue weighted by molar-refractivity contribution is 0.273. The van der Waals surface area contributed by atoms with E-state index < -0.39 is 18.3 Å². The summed E-state index contributed by atoms with van der Waals surface area (Å²) in [5, 5.41) is 0.901. The minimum absolute atomic E-state index is 0.0988. The van der Waals surface area contributed by atoms with Crippen molar-refractivity contribution in [2.45, 2.75) is 57.3 Å². The fraction of sp³-hybridized carbons (Fsp3) is 0.381. The number of hydrogen-bond acceptors (Lipinski definition) is 4. The highest BCUT2D eigenvalue weighted by Gasteiger charge is 2.37. The van der Waals surface area contributed by atoms with E-state index in [-0.39, 0.29) is 9.93 Å². The summed E-state index contributed by atoms with van der Waals surface area (Å²) in [7, 11) is -5.59. The number of rotatable bonds is 5. The molecule has 3 rings (SSSR count). The zero-order chi connectivity index (χ0) is 20.7. The van der Waals surface area contributed by atoms with E-state index in [0.717, 1.165) is 16.6 Å². The van der Waals surface area contributed by atoms with E-state index in [1.165, 1.54) is 3.97 Å². The van der Waals surface area contributed by atoms with Crippen LogP contribution in [0.25, 0.3) is 10.9 Å². The van der Waals surface area contributed by atoms with Gasteiger partial charge in [0.25, 0.3) is 10.0 Å². The van der Waals surface area contributed by atoms with Gasteiger partial charge in [-0.05, 0) is 49.3 Å². The second-order valence-corrected chi connectivity index (χ2v) is 15.3. The fourth-order valence-electron chi connectivity index (χ4n) is 2.71. The molecule has 0 aliphatic rings. The number of hydrogen-bond donors (Lipinski definition) is 0. The maximum atomic E-state index is 13.1. The molecule has 0 aliphatic carbocycles. The summed E-state index contributed by atoms with van der Waals surface area (Å²) in [5.41, 5.74) is 2.40. The number of aromatic nitrogens is 2. The van der Waals surface area contributed by atoms with Crippen molar-refractivity contribution in [3.05, 3.63) is 60.0 Å². The predicted molar refractivity (Wildman–Crippen MR) is 115 cm³/mol. The summed E-state index contributed by atoms with van der Waals surface area (Å²) in [6.07, 6.45) is 3.24. The topological polar surface area (TPSA) is 61.2 Å². The molecule has 5 nitrogen and oxygen atoms in total.